The minimum Gasteiger partial charge on any atom is -0.331 e. The Morgan fingerprint density at radius 3 is 2.44 bits per heavy atom. The Labute approximate surface area is 201 Å². The van der Waals surface area contributed by atoms with Gasteiger partial charge in [-0.3, -0.25) is 4.90 Å². The van der Waals surface area contributed by atoms with Crippen molar-refractivity contribution in [1.29, 1.82) is 0 Å². The summed E-state index contributed by atoms with van der Waals surface area (Å²) < 4.78 is 26.0. The molecule has 2 unspecified atom stereocenters. The number of amides is 2. The molecule has 0 fully saturated rings. The number of nitrogens with zero attached hydrogens (tertiary/aromatic N) is 1. The Bertz CT molecular complexity index is 1260. The molecule has 0 aliphatic carbocycles. The maximum atomic E-state index is 13.0. The number of hydrogen-bond acceptors (Lipinski definition) is 4. The molecule has 1 aliphatic heterocycles. The molecule has 0 spiro atoms. The molecule has 3 aromatic rings. The topological polar surface area (TPSA) is 78.5 Å². The molecule has 0 radical (unpaired) electrons. The summed E-state index contributed by atoms with van der Waals surface area (Å²) in [6, 6.07) is 21.9. The Morgan fingerprint density at radius 1 is 1.03 bits per heavy atom. The number of nitrogens with one attached hydrogen (secondary N) is 2. The van der Waals surface area contributed by atoms with Gasteiger partial charge in [0, 0.05) is 18.3 Å². The summed E-state index contributed by atoms with van der Waals surface area (Å²) in [7, 11) is -1.39. The molecule has 178 valence electrons. The third-order valence-electron chi connectivity index (χ3n) is 6.43. The lowest BCUT2D eigenvalue weighted by atomic mass is 9.94. The highest BCUT2D eigenvalue weighted by atomic mass is 32.2. The molecule has 6 nitrogen and oxygen atoms in total. The van der Waals surface area contributed by atoms with Gasteiger partial charge in [-0.1, -0.05) is 48.5 Å². The minimum atomic E-state index is -3.50. The van der Waals surface area contributed by atoms with Crippen LogP contribution in [0.15, 0.2) is 77.7 Å². The van der Waals surface area contributed by atoms with Crippen LogP contribution in [0, 0.1) is 0 Å². The van der Waals surface area contributed by atoms with E-state index in [2.05, 4.69) is 29.5 Å². The van der Waals surface area contributed by atoms with E-state index in [1.54, 1.807) is 24.3 Å². The Kier molecular flexibility index (Phi) is 7.05. The highest BCUT2D eigenvalue weighted by Gasteiger charge is 2.22. The third kappa shape index (κ3) is 5.66. The molecule has 1 aliphatic rings. The van der Waals surface area contributed by atoms with Gasteiger partial charge in [-0.15, -0.1) is 0 Å². The van der Waals surface area contributed by atoms with E-state index in [9.17, 15) is 13.2 Å². The summed E-state index contributed by atoms with van der Waals surface area (Å²) in [4.78, 5) is 14.9. The van der Waals surface area contributed by atoms with E-state index < -0.39 is 9.84 Å². The standard InChI is InChI=1S/C27H31N3O3S/c1-19-15-24-16-21(9-10-23(24)17-30(19)3)18-34(32,33)26-13-11-25(12-14-26)29-27(31)28-20(2)22-7-5-4-6-8-22/h4-14,16,19-20H,15,17-18H2,1-3H3,(H2,28,29,31). The number of rotatable bonds is 6. The highest BCUT2D eigenvalue weighted by molar-refractivity contribution is 7.90. The summed E-state index contributed by atoms with van der Waals surface area (Å²) in [6.45, 7) is 4.98. The van der Waals surface area contributed by atoms with Gasteiger partial charge in [0.2, 0.25) is 0 Å². The first-order chi connectivity index (χ1) is 16.2. The van der Waals surface area contributed by atoms with Crippen LogP contribution in [0.2, 0.25) is 0 Å². The first-order valence-electron chi connectivity index (χ1n) is 11.5. The van der Waals surface area contributed by atoms with Gasteiger partial charge in [-0.2, -0.15) is 0 Å². The molecule has 2 atom stereocenters. The average molecular weight is 478 g/mol. The molecule has 1 heterocycles. The summed E-state index contributed by atoms with van der Waals surface area (Å²) >= 11 is 0. The minimum absolute atomic E-state index is 0.0493. The maximum absolute atomic E-state index is 13.0. The zero-order valence-corrected chi connectivity index (χ0v) is 20.6. The van der Waals surface area contributed by atoms with Gasteiger partial charge in [0.25, 0.3) is 0 Å². The first-order valence-corrected chi connectivity index (χ1v) is 13.1. The van der Waals surface area contributed by atoms with Crippen molar-refractivity contribution >= 4 is 21.6 Å². The third-order valence-corrected chi connectivity index (χ3v) is 8.14. The van der Waals surface area contributed by atoms with Crippen LogP contribution in [-0.2, 0) is 28.6 Å². The summed E-state index contributed by atoms with van der Waals surface area (Å²) in [5, 5.41) is 5.65. The van der Waals surface area contributed by atoms with E-state index in [4.69, 9.17) is 0 Å². The number of carbonyl (C=O) groups is 1. The normalized spacial score (nSPS) is 17.0. The lowest BCUT2D eigenvalue weighted by Gasteiger charge is -2.31. The van der Waals surface area contributed by atoms with Gasteiger partial charge >= 0.3 is 6.03 Å². The van der Waals surface area contributed by atoms with Crippen molar-refractivity contribution in [1.82, 2.24) is 10.2 Å². The number of benzene rings is 3. The van der Waals surface area contributed by atoms with Crippen LogP contribution in [0.3, 0.4) is 0 Å². The van der Waals surface area contributed by atoms with Crippen molar-refractivity contribution < 1.29 is 13.2 Å². The highest BCUT2D eigenvalue weighted by Crippen LogP contribution is 2.25. The van der Waals surface area contributed by atoms with E-state index in [0.717, 1.165) is 24.1 Å². The van der Waals surface area contributed by atoms with Crippen LogP contribution < -0.4 is 10.6 Å². The maximum Gasteiger partial charge on any atom is 0.319 e. The molecular weight excluding hydrogens is 446 g/mol. The monoisotopic (exact) mass is 477 g/mol. The largest absolute Gasteiger partial charge is 0.331 e. The van der Waals surface area contributed by atoms with E-state index >= 15 is 0 Å². The van der Waals surface area contributed by atoms with Crippen LogP contribution in [-0.4, -0.2) is 32.4 Å². The van der Waals surface area contributed by atoms with Crippen molar-refractivity contribution in [2.45, 2.75) is 49.5 Å². The van der Waals surface area contributed by atoms with Crippen LogP contribution >= 0.6 is 0 Å². The molecule has 0 aromatic heterocycles. The number of urea groups is 1. The zero-order valence-electron chi connectivity index (χ0n) is 19.8. The first kappa shape index (κ1) is 24.0. The molecule has 0 saturated carbocycles. The second-order valence-electron chi connectivity index (χ2n) is 9.09. The fourth-order valence-corrected chi connectivity index (χ4v) is 5.58. The van der Waals surface area contributed by atoms with E-state index in [0.29, 0.717) is 11.7 Å². The summed E-state index contributed by atoms with van der Waals surface area (Å²) in [5.74, 6) is -0.0493. The Balaban J connectivity index is 1.39. The number of sulfone groups is 1. The van der Waals surface area contributed by atoms with E-state index in [-0.39, 0.29) is 22.7 Å². The molecule has 2 amide bonds. The molecule has 34 heavy (non-hydrogen) atoms. The number of anilines is 1. The second kappa shape index (κ2) is 9.99. The van der Waals surface area contributed by atoms with E-state index in [1.165, 1.54) is 11.1 Å². The number of fused-ring (bicyclic) bond motifs is 1. The van der Waals surface area contributed by atoms with Gasteiger partial charge in [0.1, 0.15) is 0 Å². The number of hydrogen-bond donors (Lipinski definition) is 2. The van der Waals surface area contributed by atoms with E-state index in [1.807, 2.05) is 55.5 Å². The van der Waals surface area contributed by atoms with Crippen LogP contribution in [0.5, 0.6) is 0 Å². The van der Waals surface area contributed by atoms with Crippen molar-refractivity contribution in [3.63, 3.8) is 0 Å². The average Bonchev–Trinajstić information content (AvgIpc) is 2.80. The van der Waals surface area contributed by atoms with Gasteiger partial charge < -0.3 is 10.6 Å². The lowest BCUT2D eigenvalue weighted by molar-refractivity contribution is 0.231. The molecule has 2 N–H and O–H groups in total. The molecule has 0 saturated heterocycles. The molecule has 0 bridgehead atoms. The van der Waals surface area contributed by atoms with Crippen LogP contribution in [0.25, 0.3) is 0 Å². The SMILES string of the molecule is CC(NC(=O)Nc1ccc(S(=O)(=O)Cc2ccc3c(c2)CC(C)N(C)C3)cc1)c1ccccc1. The van der Waals surface area contributed by atoms with Crippen LogP contribution in [0.1, 0.15) is 42.1 Å². The molecule has 4 rings (SSSR count). The Morgan fingerprint density at radius 2 is 1.74 bits per heavy atom. The van der Waals surface area contributed by atoms with Crippen LogP contribution in [0.4, 0.5) is 10.5 Å². The smallest absolute Gasteiger partial charge is 0.319 e. The van der Waals surface area contributed by atoms with Gasteiger partial charge in [0.15, 0.2) is 9.84 Å². The number of carbonyl (C=O) groups excluding carboxylic acids is 1. The summed E-state index contributed by atoms with van der Waals surface area (Å²) in [5.41, 5.74) is 4.82. The van der Waals surface area contributed by atoms with Crippen molar-refractivity contribution in [3.8, 4) is 0 Å². The Hall–Kier alpha value is -3.16. The van der Waals surface area contributed by atoms with Gasteiger partial charge in [-0.05, 0) is 73.8 Å². The van der Waals surface area contributed by atoms with Crippen molar-refractivity contribution in [2.75, 3.05) is 12.4 Å². The molecule has 3 aromatic carbocycles. The van der Waals surface area contributed by atoms with Gasteiger partial charge in [0.05, 0.1) is 16.7 Å². The predicted octanol–water partition coefficient (Wildman–Crippen LogP) is 4.92. The van der Waals surface area contributed by atoms with Gasteiger partial charge in [-0.25, -0.2) is 13.2 Å². The quantitative estimate of drug-likeness (QED) is 0.528. The lowest BCUT2D eigenvalue weighted by Crippen LogP contribution is -2.35. The molecule has 7 heteroatoms. The fraction of sp³-hybridized carbons (Fsp3) is 0.296. The summed E-state index contributed by atoms with van der Waals surface area (Å²) in [6.07, 6.45) is 0.922. The van der Waals surface area contributed by atoms with Crippen molar-refractivity contribution in [3.05, 3.63) is 95.1 Å². The zero-order chi connectivity index (χ0) is 24.3. The fourth-order valence-electron chi connectivity index (χ4n) is 4.25. The molecular formula is C27H31N3O3S. The second-order valence-corrected chi connectivity index (χ2v) is 11.1. The predicted molar refractivity (Wildman–Crippen MR) is 135 cm³/mol. The van der Waals surface area contributed by atoms with Crippen molar-refractivity contribution in [2.24, 2.45) is 0 Å². The number of likely N-dealkylation sites (N-methyl/N-ethyl adjacent to an activating group) is 1.